The van der Waals surface area contributed by atoms with E-state index in [1.807, 2.05) is 12.1 Å². The third kappa shape index (κ3) is 3.71. The molecule has 2 atom stereocenters. The van der Waals surface area contributed by atoms with Crippen molar-refractivity contribution in [2.45, 2.75) is 38.3 Å². The molecule has 2 unspecified atom stereocenters. The molecular formula is C15H27N5O. The quantitative estimate of drug-likeness (QED) is 0.524. The smallest absolute Gasteiger partial charge is 0.123 e. The molecule has 21 heavy (non-hydrogen) atoms. The van der Waals surface area contributed by atoms with E-state index in [1.165, 1.54) is 0 Å². The third-order valence-electron chi connectivity index (χ3n) is 4.69. The molecule has 6 nitrogen and oxygen atoms in total. The fourth-order valence-electron chi connectivity index (χ4n) is 3.08. The molecule has 2 rings (SSSR count). The Morgan fingerprint density at radius 2 is 2.19 bits per heavy atom. The second kappa shape index (κ2) is 7.17. The summed E-state index contributed by atoms with van der Waals surface area (Å²) in [7, 11) is 0. The molecule has 0 aromatic carbocycles. The fraction of sp³-hybridized carbons (Fsp3) is 0.667. The Morgan fingerprint density at radius 3 is 2.76 bits per heavy atom. The SMILES string of the molecule is CCC(C)(C(Cc1ccnc(N)c1)NN)N1CCOCC1. The number of anilines is 1. The van der Waals surface area contributed by atoms with E-state index < -0.39 is 0 Å². The molecule has 0 radical (unpaired) electrons. The monoisotopic (exact) mass is 293 g/mol. The van der Waals surface area contributed by atoms with E-state index in [4.69, 9.17) is 16.3 Å². The molecule has 5 N–H and O–H groups in total. The van der Waals surface area contributed by atoms with Gasteiger partial charge in [-0.2, -0.15) is 0 Å². The first-order valence-electron chi connectivity index (χ1n) is 7.59. The van der Waals surface area contributed by atoms with Crippen LogP contribution in [0.25, 0.3) is 0 Å². The van der Waals surface area contributed by atoms with Gasteiger partial charge in [0.15, 0.2) is 0 Å². The van der Waals surface area contributed by atoms with Crippen LogP contribution >= 0.6 is 0 Å². The van der Waals surface area contributed by atoms with E-state index >= 15 is 0 Å². The Kier molecular flexibility index (Phi) is 5.52. The number of hydrogen-bond acceptors (Lipinski definition) is 6. The molecule has 6 heteroatoms. The van der Waals surface area contributed by atoms with Gasteiger partial charge in [0.1, 0.15) is 5.82 Å². The molecule has 0 bridgehead atoms. The van der Waals surface area contributed by atoms with E-state index in [0.29, 0.717) is 5.82 Å². The molecule has 1 aliphatic heterocycles. The summed E-state index contributed by atoms with van der Waals surface area (Å²) in [4.78, 5) is 6.52. The number of aromatic nitrogens is 1. The number of nitrogen functional groups attached to an aromatic ring is 1. The number of ether oxygens (including phenoxy) is 1. The lowest BCUT2D eigenvalue weighted by Gasteiger charge is -2.47. The van der Waals surface area contributed by atoms with Gasteiger partial charge in [-0.25, -0.2) is 4.98 Å². The van der Waals surface area contributed by atoms with Crippen LogP contribution in [0.1, 0.15) is 25.8 Å². The normalized spacial score (nSPS) is 20.9. The largest absolute Gasteiger partial charge is 0.384 e. The van der Waals surface area contributed by atoms with Gasteiger partial charge in [-0.05, 0) is 37.5 Å². The predicted octanol–water partition coefficient (Wildman–Crippen LogP) is 0.539. The molecule has 0 spiro atoms. The molecule has 1 aromatic heterocycles. The maximum atomic E-state index is 5.87. The molecule has 1 aromatic rings. The van der Waals surface area contributed by atoms with Crippen LogP contribution in [0.15, 0.2) is 18.3 Å². The van der Waals surface area contributed by atoms with Gasteiger partial charge in [-0.15, -0.1) is 0 Å². The first kappa shape index (κ1) is 16.2. The fourth-order valence-corrected chi connectivity index (χ4v) is 3.08. The Labute approximate surface area is 126 Å². The van der Waals surface area contributed by atoms with Crippen molar-refractivity contribution in [1.82, 2.24) is 15.3 Å². The van der Waals surface area contributed by atoms with Gasteiger partial charge in [0.2, 0.25) is 0 Å². The highest BCUT2D eigenvalue weighted by atomic mass is 16.5. The Balaban J connectivity index is 2.16. The number of nitrogens with one attached hydrogen (secondary N) is 1. The maximum Gasteiger partial charge on any atom is 0.123 e. The van der Waals surface area contributed by atoms with E-state index in [2.05, 4.69) is 29.2 Å². The minimum Gasteiger partial charge on any atom is -0.384 e. The molecule has 1 aliphatic rings. The van der Waals surface area contributed by atoms with Crippen LogP contribution in [-0.2, 0) is 11.2 Å². The summed E-state index contributed by atoms with van der Waals surface area (Å²) in [6.07, 6.45) is 3.59. The van der Waals surface area contributed by atoms with Gasteiger partial charge in [0, 0.05) is 30.9 Å². The summed E-state index contributed by atoms with van der Waals surface area (Å²) in [5.74, 6) is 6.42. The van der Waals surface area contributed by atoms with Gasteiger partial charge >= 0.3 is 0 Å². The first-order valence-corrected chi connectivity index (χ1v) is 7.59. The van der Waals surface area contributed by atoms with Gasteiger partial charge in [0.25, 0.3) is 0 Å². The van der Waals surface area contributed by atoms with Crippen LogP contribution in [0, 0.1) is 0 Å². The van der Waals surface area contributed by atoms with Crippen molar-refractivity contribution in [1.29, 1.82) is 0 Å². The van der Waals surface area contributed by atoms with Crippen molar-refractivity contribution in [3.8, 4) is 0 Å². The maximum absolute atomic E-state index is 5.87. The molecule has 118 valence electrons. The summed E-state index contributed by atoms with van der Waals surface area (Å²) >= 11 is 0. The van der Waals surface area contributed by atoms with Crippen LogP contribution in [0.3, 0.4) is 0 Å². The molecule has 2 heterocycles. The lowest BCUT2D eigenvalue weighted by molar-refractivity contribution is -0.0322. The van der Waals surface area contributed by atoms with E-state index in [-0.39, 0.29) is 11.6 Å². The zero-order valence-electron chi connectivity index (χ0n) is 13.0. The zero-order chi connectivity index (χ0) is 15.3. The number of nitrogens with two attached hydrogens (primary N) is 2. The number of hydrazine groups is 1. The standard InChI is InChI=1S/C15H27N5O/c1-3-15(2,20-6-8-21-9-7-20)13(19-17)10-12-4-5-18-14(16)11-12/h4-5,11,13,19H,3,6-10,17H2,1-2H3,(H2,16,18). The van der Waals surface area contributed by atoms with Crippen LogP contribution in [0.4, 0.5) is 5.82 Å². The number of rotatable bonds is 6. The average molecular weight is 293 g/mol. The van der Waals surface area contributed by atoms with E-state index in [1.54, 1.807) is 6.20 Å². The zero-order valence-corrected chi connectivity index (χ0v) is 13.0. The minimum absolute atomic E-state index is 0.0173. The highest BCUT2D eigenvalue weighted by molar-refractivity contribution is 5.32. The Bertz CT molecular complexity index is 449. The Hall–Kier alpha value is -1.21. The lowest BCUT2D eigenvalue weighted by atomic mass is 9.83. The molecule has 0 saturated carbocycles. The average Bonchev–Trinajstić information content (AvgIpc) is 2.53. The van der Waals surface area contributed by atoms with Gasteiger partial charge < -0.3 is 10.5 Å². The number of nitrogens with zero attached hydrogens (tertiary/aromatic N) is 2. The van der Waals surface area contributed by atoms with Crippen molar-refractivity contribution in [2.75, 3.05) is 32.0 Å². The van der Waals surface area contributed by atoms with Crippen LogP contribution in [0.5, 0.6) is 0 Å². The summed E-state index contributed by atoms with van der Waals surface area (Å²) in [5.41, 5.74) is 9.92. The van der Waals surface area contributed by atoms with Crippen molar-refractivity contribution in [3.05, 3.63) is 23.9 Å². The van der Waals surface area contributed by atoms with Crippen molar-refractivity contribution in [2.24, 2.45) is 5.84 Å². The molecule has 1 fully saturated rings. The molecular weight excluding hydrogens is 266 g/mol. The summed E-state index contributed by atoms with van der Waals surface area (Å²) < 4.78 is 5.47. The van der Waals surface area contributed by atoms with Crippen molar-refractivity contribution >= 4 is 5.82 Å². The van der Waals surface area contributed by atoms with Crippen LogP contribution in [-0.4, -0.2) is 47.8 Å². The predicted molar refractivity (Wildman–Crippen MR) is 84.6 cm³/mol. The number of pyridine rings is 1. The summed E-state index contributed by atoms with van der Waals surface area (Å²) in [5, 5.41) is 0. The minimum atomic E-state index is -0.0173. The number of morpholine rings is 1. The molecule has 1 saturated heterocycles. The summed E-state index contributed by atoms with van der Waals surface area (Å²) in [6.45, 7) is 7.94. The van der Waals surface area contributed by atoms with Gasteiger partial charge in [0.05, 0.1) is 13.2 Å². The lowest BCUT2D eigenvalue weighted by Crippen LogP contribution is -2.63. The Morgan fingerprint density at radius 1 is 1.48 bits per heavy atom. The second-order valence-corrected chi connectivity index (χ2v) is 5.82. The summed E-state index contributed by atoms with van der Waals surface area (Å²) in [6, 6.07) is 4.05. The number of hydrogen-bond donors (Lipinski definition) is 3. The highest BCUT2D eigenvalue weighted by Gasteiger charge is 2.38. The van der Waals surface area contributed by atoms with E-state index in [0.717, 1.165) is 44.7 Å². The topological polar surface area (TPSA) is 89.4 Å². The highest BCUT2D eigenvalue weighted by Crippen LogP contribution is 2.27. The van der Waals surface area contributed by atoms with Crippen molar-refractivity contribution in [3.63, 3.8) is 0 Å². The first-order chi connectivity index (χ1) is 10.1. The van der Waals surface area contributed by atoms with Gasteiger partial charge in [-0.1, -0.05) is 6.92 Å². The van der Waals surface area contributed by atoms with Crippen molar-refractivity contribution < 1.29 is 4.74 Å². The van der Waals surface area contributed by atoms with Crippen LogP contribution in [0.2, 0.25) is 0 Å². The van der Waals surface area contributed by atoms with Gasteiger partial charge in [-0.3, -0.25) is 16.2 Å². The van der Waals surface area contributed by atoms with E-state index in [9.17, 15) is 0 Å². The molecule has 0 aliphatic carbocycles. The third-order valence-corrected chi connectivity index (χ3v) is 4.69. The second-order valence-electron chi connectivity index (χ2n) is 5.82. The van der Waals surface area contributed by atoms with Crippen LogP contribution < -0.4 is 17.0 Å². The molecule has 0 amide bonds.